The average molecular weight is 242 g/mol. The summed E-state index contributed by atoms with van der Waals surface area (Å²) in [5, 5.41) is 2.83. The number of benzene rings is 1. The first-order valence-electron chi connectivity index (χ1n) is 4.38. The zero-order chi connectivity index (χ0) is 11.0. The van der Waals surface area contributed by atoms with Crippen molar-refractivity contribution in [1.82, 2.24) is 0 Å². The molecule has 2 aromatic rings. The molecule has 0 amide bonds. The van der Waals surface area contributed by atoms with E-state index in [1.807, 2.05) is 12.3 Å². The number of rotatable bonds is 1. The minimum Gasteiger partial charge on any atom is -0.390 e. The van der Waals surface area contributed by atoms with E-state index in [9.17, 15) is 4.39 Å². The molecule has 4 heteroatoms. The molecular formula is C11H9ClFNS. The molecule has 0 unspecified atom stereocenters. The van der Waals surface area contributed by atoms with Gasteiger partial charge in [-0.25, -0.2) is 4.39 Å². The van der Waals surface area contributed by atoms with Crippen molar-refractivity contribution >= 4 is 27.9 Å². The quantitative estimate of drug-likeness (QED) is 0.799. The minimum absolute atomic E-state index is 0.139. The van der Waals surface area contributed by atoms with E-state index in [4.69, 9.17) is 17.3 Å². The van der Waals surface area contributed by atoms with Crippen molar-refractivity contribution in [2.24, 2.45) is 0 Å². The first kappa shape index (κ1) is 10.5. The number of nitrogen functional groups attached to an aromatic ring is 1. The predicted molar refractivity (Wildman–Crippen MR) is 63.9 cm³/mol. The van der Waals surface area contributed by atoms with Gasteiger partial charge < -0.3 is 5.73 Å². The van der Waals surface area contributed by atoms with Crippen molar-refractivity contribution in [3.63, 3.8) is 0 Å². The van der Waals surface area contributed by atoms with Crippen LogP contribution in [0.15, 0.2) is 23.6 Å². The highest BCUT2D eigenvalue weighted by molar-refractivity contribution is 7.14. The lowest BCUT2D eigenvalue weighted by molar-refractivity contribution is 0.629. The summed E-state index contributed by atoms with van der Waals surface area (Å²) in [5.74, 6) is -0.404. The lowest BCUT2D eigenvalue weighted by Gasteiger charge is -2.02. The van der Waals surface area contributed by atoms with Gasteiger partial charge in [-0.2, -0.15) is 0 Å². The molecule has 0 aliphatic carbocycles. The fraction of sp³-hybridized carbons (Fsp3) is 0.0909. The SMILES string of the molecule is Cc1c(-c2ccc(Cl)c(F)c2)csc1N. The van der Waals surface area contributed by atoms with Crippen LogP contribution >= 0.6 is 22.9 Å². The van der Waals surface area contributed by atoms with Crippen molar-refractivity contribution in [1.29, 1.82) is 0 Å². The maximum atomic E-state index is 13.2. The van der Waals surface area contributed by atoms with Crippen LogP contribution in [0.1, 0.15) is 5.56 Å². The zero-order valence-electron chi connectivity index (χ0n) is 8.05. The molecule has 1 nitrogen and oxygen atoms in total. The first-order valence-corrected chi connectivity index (χ1v) is 5.64. The second kappa shape index (κ2) is 3.83. The second-order valence-electron chi connectivity index (χ2n) is 3.27. The van der Waals surface area contributed by atoms with Crippen molar-refractivity contribution in [3.8, 4) is 11.1 Å². The van der Waals surface area contributed by atoms with E-state index in [0.717, 1.165) is 21.7 Å². The van der Waals surface area contributed by atoms with Gasteiger partial charge in [0.15, 0.2) is 0 Å². The van der Waals surface area contributed by atoms with Gasteiger partial charge >= 0.3 is 0 Å². The van der Waals surface area contributed by atoms with Crippen molar-refractivity contribution in [3.05, 3.63) is 40.0 Å². The number of halogens is 2. The zero-order valence-corrected chi connectivity index (χ0v) is 9.62. The molecule has 1 aromatic heterocycles. The summed E-state index contributed by atoms with van der Waals surface area (Å²) in [5.41, 5.74) is 8.51. The molecule has 0 saturated heterocycles. The molecule has 0 radical (unpaired) electrons. The number of hydrogen-bond acceptors (Lipinski definition) is 2. The van der Waals surface area contributed by atoms with Crippen LogP contribution in [0, 0.1) is 12.7 Å². The van der Waals surface area contributed by atoms with Crippen LogP contribution in [0.4, 0.5) is 9.39 Å². The Morgan fingerprint density at radius 3 is 2.67 bits per heavy atom. The molecule has 1 aromatic carbocycles. The minimum atomic E-state index is -0.404. The third-order valence-corrected chi connectivity index (χ3v) is 3.53. The molecule has 2 rings (SSSR count). The summed E-state index contributed by atoms with van der Waals surface area (Å²) < 4.78 is 13.2. The van der Waals surface area contributed by atoms with E-state index >= 15 is 0 Å². The van der Waals surface area contributed by atoms with Crippen molar-refractivity contribution in [2.45, 2.75) is 6.92 Å². The normalized spacial score (nSPS) is 10.6. The van der Waals surface area contributed by atoms with E-state index in [2.05, 4.69) is 0 Å². The number of anilines is 1. The van der Waals surface area contributed by atoms with Gasteiger partial charge in [-0.15, -0.1) is 11.3 Å². The third-order valence-electron chi connectivity index (χ3n) is 2.31. The van der Waals surface area contributed by atoms with Gasteiger partial charge in [-0.1, -0.05) is 17.7 Å². The van der Waals surface area contributed by atoms with E-state index in [-0.39, 0.29) is 5.02 Å². The Bertz CT molecular complexity index is 507. The summed E-state index contributed by atoms with van der Waals surface area (Å²) in [6.45, 7) is 1.92. The Balaban J connectivity index is 2.55. The summed E-state index contributed by atoms with van der Waals surface area (Å²) in [6.07, 6.45) is 0. The third kappa shape index (κ3) is 1.85. The predicted octanol–water partition coefficient (Wildman–Crippen LogP) is 4.10. The Morgan fingerprint density at radius 2 is 2.13 bits per heavy atom. The Morgan fingerprint density at radius 1 is 1.40 bits per heavy atom. The molecule has 0 atom stereocenters. The van der Waals surface area contributed by atoms with Crippen LogP contribution in [-0.4, -0.2) is 0 Å². The summed E-state index contributed by atoms with van der Waals surface area (Å²) in [4.78, 5) is 0. The van der Waals surface area contributed by atoms with Crippen LogP contribution in [-0.2, 0) is 0 Å². The Kier molecular flexibility index (Phi) is 2.67. The first-order chi connectivity index (χ1) is 7.09. The molecule has 0 aliphatic rings. The van der Waals surface area contributed by atoms with Crippen molar-refractivity contribution in [2.75, 3.05) is 5.73 Å². The van der Waals surface area contributed by atoms with Gasteiger partial charge in [0.05, 0.1) is 10.0 Å². The highest BCUT2D eigenvalue weighted by Crippen LogP contribution is 2.33. The van der Waals surface area contributed by atoms with E-state index in [1.54, 1.807) is 12.1 Å². The maximum absolute atomic E-state index is 13.2. The molecule has 0 aliphatic heterocycles. The van der Waals surface area contributed by atoms with E-state index in [0.29, 0.717) is 0 Å². The van der Waals surface area contributed by atoms with Crippen LogP contribution in [0.3, 0.4) is 0 Å². The summed E-state index contributed by atoms with van der Waals surface area (Å²) >= 11 is 7.07. The molecular weight excluding hydrogens is 233 g/mol. The monoisotopic (exact) mass is 241 g/mol. The summed E-state index contributed by atoms with van der Waals surface area (Å²) in [7, 11) is 0. The molecule has 0 fully saturated rings. The van der Waals surface area contributed by atoms with E-state index < -0.39 is 5.82 Å². The molecule has 15 heavy (non-hydrogen) atoms. The molecule has 2 N–H and O–H groups in total. The highest BCUT2D eigenvalue weighted by Gasteiger charge is 2.09. The number of thiophene rings is 1. The van der Waals surface area contributed by atoms with E-state index in [1.165, 1.54) is 17.4 Å². The van der Waals surface area contributed by atoms with Crippen LogP contribution in [0.5, 0.6) is 0 Å². The van der Waals surface area contributed by atoms with Gasteiger partial charge in [-0.3, -0.25) is 0 Å². The van der Waals surface area contributed by atoms with Gasteiger partial charge in [0.25, 0.3) is 0 Å². The van der Waals surface area contributed by atoms with Crippen molar-refractivity contribution < 1.29 is 4.39 Å². The van der Waals surface area contributed by atoms with Crippen LogP contribution in [0.25, 0.3) is 11.1 Å². The molecule has 0 spiro atoms. The average Bonchev–Trinajstić information content (AvgIpc) is 2.53. The lowest BCUT2D eigenvalue weighted by atomic mass is 10.1. The molecule has 0 bridgehead atoms. The van der Waals surface area contributed by atoms with Gasteiger partial charge in [-0.05, 0) is 35.7 Å². The number of hydrogen-bond donors (Lipinski definition) is 1. The number of nitrogens with two attached hydrogens (primary N) is 1. The van der Waals surface area contributed by atoms with Gasteiger partial charge in [0.1, 0.15) is 5.82 Å². The largest absolute Gasteiger partial charge is 0.390 e. The van der Waals surface area contributed by atoms with Gasteiger partial charge in [0.2, 0.25) is 0 Å². The summed E-state index contributed by atoms with van der Waals surface area (Å²) in [6, 6.07) is 4.77. The second-order valence-corrected chi connectivity index (χ2v) is 4.59. The maximum Gasteiger partial charge on any atom is 0.142 e. The fourth-order valence-electron chi connectivity index (χ4n) is 1.38. The highest BCUT2D eigenvalue weighted by atomic mass is 35.5. The standard InChI is InChI=1S/C11H9ClFNS/c1-6-8(5-15-11(6)14)7-2-3-9(12)10(13)4-7/h2-5H,14H2,1H3. The van der Waals surface area contributed by atoms with Crippen LogP contribution < -0.4 is 5.73 Å². The fourth-order valence-corrected chi connectivity index (χ4v) is 2.34. The molecule has 1 heterocycles. The van der Waals surface area contributed by atoms with Crippen LogP contribution in [0.2, 0.25) is 5.02 Å². The Labute approximate surface area is 96.3 Å². The molecule has 0 saturated carbocycles. The lowest BCUT2D eigenvalue weighted by Crippen LogP contribution is -1.85. The van der Waals surface area contributed by atoms with Gasteiger partial charge in [0, 0.05) is 5.38 Å². The topological polar surface area (TPSA) is 26.0 Å². The smallest absolute Gasteiger partial charge is 0.142 e. The molecule has 78 valence electrons. The Hall–Kier alpha value is -1.06.